The molecule has 3 atom stereocenters. The Morgan fingerprint density at radius 2 is 1.78 bits per heavy atom. The van der Waals surface area contributed by atoms with Crippen molar-refractivity contribution in [3.8, 4) is 0 Å². The number of hydrogen-bond donors (Lipinski definition) is 2. The van der Waals surface area contributed by atoms with Gasteiger partial charge in [0.1, 0.15) is 5.76 Å². The van der Waals surface area contributed by atoms with Crippen LogP contribution in [0.3, 0.4) is 0 Å². The summed E-state index contributed by atoms with van der Waals surface area (Å²) >= 11 is 0. The Morgan fingerprint density at radius 1 is 1.09 bits per heavy atom. The van der Waals surface area contributed by atoms with Gasteiger partial charge in [0.15, 0.2) is 5.69 Å². The first-order valence-electron chi connectivity index (χ1n) is 12.2. The van der Waals surface area contributed by atoms with E-state index in [9.17, 15) is 13.2 Å². The molecule has 3 aliphatic heterocycles. The quantitative estimate of drug-likeness (QED) is 0.608. The fourth-order valence-electron chi connectivity index (χ4n) is 5.62. The Morgan fingerprint density at radius 3 is 2.41 bits per heavy atom. The Labute approximate surface area is 190 Å². The Bertz CT molecular complexity index is 909. The van der Waals surface area contributed by atoms with E-state index in [1.807, 2.05) is 0 Å². The minimum atomic E-state index is -3.47. The van der Waals surface area contributed by atoms with Crippen molar-refractivity contribution in [1.29, 1.82) is 0 Å². The molecule has 0 radical (unpaired) electrons. The largest absolute Gasteiger partial charge is 0.360 e. The molecule has 9 nitrogen and oxygen atoms in total. The van der Waals surface area contributed by atoms with Gasteiger partial charge in [-0.15, -0.1) is 0 Å². The van der Waals surface area contributed by atoms with Crippen LogP contribution < -0.4 is 10.6 Å². The van der Waals surface area contributed by atoms with Crippen LogP contribution in [0.1, 0.15) is 86.9 Å². The topological polar surface area (TPSA) is 108 Å². The van der Waals surface area contributed by atoms with Gasteiger partial charge in [-0.3, -0.25) is 4.79 Å². The molecule has 178 valence electrons. The monoisotopic (exact) mass is 465 g/mol. The van der Waals surface area contributed by atoms with E-state index in [1.165, 1.54) is 0 Å². The molecule has 4 aliphatic rings. The van der Waals surface area contributed by atoms with Crippen LogP contribution in [0.4, 0.5) is 0 Å². The highest BCUT2D eigenvalue weighted by atomic mass is 32.2. The summed E-state index contributed by atoms with van der Waals surface area (Å²) in [4.78, 5) is 12.7. The molecule has 1 amide bonds. The van der Waals surface area contributed by atoms with E-state index in [-0.39, 0.29) is 24.0 Å². The van der Waals surface area contributed by atoms with E-state index in [1.54, 1.807) is 14.7 Å². The summed E-state index contributed by atoms with van der Waals surface area (Å²) in [6.45, 7) is 4.28. The van der Waals surface area contributed by atoms with E-state index in [0.29, 0.717) is 43.6 Å². The highest BCUT2D eigenvalue weighted by Crippen LogP contribution is 2.41. The van der Waals surface area contributed by atoms with Crippen LogP contribution in [0.25, 0.3) is 0 Å². The molecule has 3 saturated heterocycles. The van der Waals surface area contributed by atoms with E-state index >= 15 is 0 Å². The summed E-state index contributed by atoms with van der Waals surface area (Å²) in [5.41, 5.74) is 0.328. The molecule has 1 aromatic heterocycles. The zero-order valence-electron chi connectivity index (χ0n) is 18.8. The van der Waals surface area contributed by atoms with Crippen LogP contribution in [-0.4, -0.2) is 71.9 Å². The van der Waals surface area contributed by atoms with Gasteiger partial charge < -0.3 is 15.2 Å². The van der Waals surface area contributed by atoms with E-state index in [4.69, 9.17) is 4.52 Å². The lowest BCUT2D eigenvalue weighted by Crippen LogP contribution is -2.57. The summed E-state index contributed by atoms with van der Waals surface area (Å²) < 4.78 is 35.7. The number of carbonyl (C=O) groups is 1. The smallest absolute Gasteiger partial charge is 0.282 e. The second-order valence-electron chi connectivity index (χ2n) is 9.88. The lowest BCUT2D eigenvalue weighted by atomic mass is 9.99. The molecule has 1 aromatic rings. The van der Waals surface area contributed by atoms with Crippen molar-refractivity contribution in [2.24, 2.45) is 0 Å². The third-order valence-electron chi connectivity index (χ3n) is 7.47. The standard InChI is InChI=1S/C22H35N5O4S/c1-2-9-23-16-7-10-26(11-8-16)32(29,30)27-18-5-6-19(27)13-17(12-18)24-22(28)20-14-21(31-25-20)15-3-4-15/h14-19,23H,2-13H2,1H3,(H,24,28)/t17-,18+,19-. The van der Waals surface area contributed by atoms with Crippen molar-refractivity contribution in [2.45, 2.75) is 94.8 Å². The first-order chi connectivity index (χ1) is 15.5. The predicted molar refractivity (Wildman–Crippen MR) is 119 cm³/mol. The van der Waals surface area contributed by atoms with Crippen molar-refractivity contribution in [3.05, 3.63) is 17.5 Å². The van der Waals surface area contributed by atoms with Gasteiger partial charge in [0.25, 0.3) is 16.1 Å². The van der Waals surface area contributed by atoms with Crippen LogP contribution in [-0.2, 0) is 10.2 Å². The first kappa shape index (κ1) is 22.3. The normalized spacial score (nSPS) is 30.0. The van der Waals surface area contributed by atoms with Crippen molar-refractivity contribution in [1.82, 2.24) is 24.4 Å². The van der Waals surface area contributed by atoms with Gasteiger partial charge in [-0.05, 0) is 64.3 Å². The van der Waals surface area contributed by atoms with E-state index in [0.717, 1.165) is 57.3 Å². The summed E-state index contributed by atoms with van der Waals surface area (Å²) in [5.74, 6) is 0.994. The Hall–Kier alpha value is -1.49. The number of rotatable bonds is 8. The molecule has 2 bridgehead atoms. The maximum atomic E-state index is 13.5. The van der Waals surface area contributed by atoms with Crippen LogP contribution in [0.2, 0.25) is 0 Å². The van der Waals surface area contributed by atoms with Crippen LogP contribution in [0.5, 0.6) is 0 Å². The second-order valence-corrected chi connectivity index (χ2v) is 11.7. The summed E-state index contributed by atoms with van der Waals surface area (Å²) in [6.07, 6.45) is 8.04. The number of piperidine rings is 2. The highest BCUT2D eigenvalue weighted by Gasteiger charge is 2.49. The van der Waals surface area contributed by atoms with Gasteiger partial charge >= 0.3 is 0 Å². The minimum absolute atomic E-state index is 0.0310. The zero-order chi connectivity index (χ0) is 22.3. The lowest BCUT2D eigenvalue weighted by Gasteiger charge is -2.42. The number of carbonyl (C=O) groups excluding carboxylic acids is 1. The van der Waals surface area contributed by atoms with Gasteiger partial charge in [0.05, 0.1) is 0 Å². The van der Waals surface area contributed by atoms with Crippen LogP contribution >= 0.6 is 0 Å². The minimum Gasteiger partial charge on any atom is -0.360 e. The molecule has 2 N–H and O–H groups in total. The molecule has 4 fully saturated rings. The maximum Gasteiger partial charge on any atom is 0.282 e. The van der Waals surface area contributed by atoms with Crippen molar-refractivity contribution in [3.63, 3.8) is 0 Å². The molecule has 1 saturated carbocycles. The average Bonchev–Trinajstić information content (AvgIpc) is 3.44. The number of amides is 1. The Balaban J connectivity index is 1.18. The number of nitrogens with zero attached hydrogens (tertiary/aromatic N) is 3. The molecular weight excluding hydrogens is 430 g/mol. The average molecular weight is 466 g/mol. The molecule has 0 spiro atoms. The third kappa shape index (κ3) is 4.47. The van der Waals surface area contributed by atoms with Gasteiger partial charge in [-0.25, -0.2) is 0 Å². The highest BCUT2D eigenvalue weighted by molar-refractivity contribution is 7.86. The van der Waals surface area contributed by atoms with Gasteiger partial charge in [0.2, 0.25) is 0 Å². The second kappa shape index (κ2) is 9.04. The van der Waals surface area contributed by atoms with Crippen LogP contribution in [0.15, 0.2) is 10.6 Å². The number of fused-ring (bicyclic) bond motifs is 2. The zero-order valence-corrected chi connectivity index (χ0v) is 19.6. The molecule has 4 heterocycles. The lowest BCUT2D eigenvalue weighted by molar-refractivity contribution is 0.0897. The van der Waals surface area contributed by atoms with E-state index in [2.05, 4.69) is 22.7 Å². The van der Waals surface area contributed by atoms with Gasteiger partial charge in [-0.1, -0.05) is 12.1 Å². The molecule has 1 aliphatic carbocycles. The number of nitrogens with one attached hydrogen (secondary N) is 2. The maximum absolute atomic E-state index is 13.5. The Kier molecular flexibility index (Phi) is 6.30. The number of hydrogen-bond acceptors (Lipinski definition) is 6. The van der Waals surface area contributed by atoms with Crippen molar-refractivity contribution in [2.75, 3.05) is 19.6 Å². The molecule has 0 unspecified atom stereocenters. The van der Waals surface area contributed by atoms with Crippen molar-refractivity contribution >= 4 is 16.1 Å². The molecule has 5 rings (SSSR count). The predicted octanol–water partition coefficient (Wildman–Crippen LogP) is 1.99. The SMILES string of the molecule is CCCNC1CCN(S(=O)(=O)N2[C@@H]3CC[C@H]2C[C@@H](NC(=O)c2cc(C4CC4)on2)C3)CC1. The van der Waals surface area contributed by atoms with Gasteiger partial charge in [-0.2, -0.15) is 17.0 Å². The summed E-state index contributed by atoms with van der Waals surface area (Å²) in [6, 6.07) is 2.05. The van der Waals surface area contributed by atoms with Crippen LogP contribution in [0, 0.1) is 0 Å². The molecular formula is C22H35N5O4S. The number of aromatic nitrogens is 1. The summed E-state index contributed by atoms with van der Waals surface area (Å²) in [7, 11) is -3.47. The van der Waals surface area contributed by atoms with Gasteiger partial charge in [0, 0.05) is 49.2 Å². The van der Waals surface area contributed by atoms with E-state index < -0.39 is 10.2 Å². The fraction of sp³-hybridized carbons (Fsp3) is 0.818. The van der Waals surface area contributed by atoms with Crippen molar-refractivity contribution < 1.29 is 17.7 Å². The molecule has 10 heteroatoms. The summed E-state index contributed by atoms with van der Waals surface area (Å²) in [5, 5.41) is 10.5. The molecule has 0 aromatic carbocycles. The first-order valence-corrected chi connectivity index (χ1v) is 13.6. The molecule has 32 heavy (non-hydrogen) atoms. The third-order valence-corrected chi connectivity index (χ3v) is 9.62. The fourth-order valence-corrected chi connectivity index (χ4v) is 7.69.